The van der Waals surface area contributed by atoms with Crippen LogP contribution >= 0.6 is 0 Å². The normalized spacial score (nSPS) is 9.47. The SMILES string of the molecule is CC#CCCNCc1ccccc1CC(=O)O. The van der Waals surface area contributed by atoms with Gasteiger partial charge >= 0.3 is 5.97 Å². The van der Waals surface area contributed by atoms with Gasteiger partial charge in [0.2, 0.25) is 0 Å². The predicted molar refractivity (Wildman–Crippen MR) is 67.6 cm³/mol. The lowest BCUT2D eigenvalue weighted by molar-refractivity contribution is -0.136. The first-order chi connectivity index (χ1) is 8.24. The summed E-state index contributed by atoms with van der Waals surface area (Å²) in [5.41, 5.74) is 1.91. The summed E-state index contributed by atoms with van der Waals surface area (Å²) in [5, 5.41) is 12.0. The van der Waals surface area contributed by atoms with Crippen LogP contribution in [0.2, 0.25) is 0 Å². The summed E-state index contributed by atoms with van der Waals surface area (Å²) < 4.78 is 0. The van der Waals surface area contributed by atoms with Crippen molar-refractivity contribution < 1.29 is 9.90 Å². The quantitative estimate of drug-likeness (QED) is 0.580. The number of nitrogens with one attached hydrogen (secondary N) is 1. The second-order valence-corrected chi connectivity index (χ2v) is 3.69. The number of carboxylic acids is 1. The van der Waals surface area contributed by atoms with Crippen molar-refractivity contribution in [1.29, 1.82) is 0 Å². The zero-order chi connectivity index (χ0) is 12.5. The third-order valence-electron chi connectivity index (χ3n) is 2.38. The van der Waals surface area contributed by atoms with Gasteiger partial charge in [0.25, 0.3) is 0 Å². The monoisotopic (exact) mass is 231 g/mol. The molecule has 0 aliphatic carbocycles. The third-order valence-corrected chi connectivity index (χ3v) is 2.38. The lowest BCUT2D eigenvalue weighted by atomic mass is 10.0. The largest absolute Gasteiger partial charge is 0.481 e. The molecule has 17 heavy (non-hydrogen) atoms. The summed E-state index contributed by atoms with van der Waals surface area (Å²) in [6.45, 7) is 3.33. The number of hydrogen-bond donors (Lipinski definition) is 2. The Bertz CT molecular complexity index is 429. The third kappa shape index (κ3) is 5.19. The van der Waals surface area contributed by atoms with Crippen LogP contribution in [0.4, 0.5) is 0 Å². The van der Waals surface area contributed by atoms with Crippen LogP contribution in [0.5, 0.6) is 0 Å². The summed E-state index contributed by atoms with van der Waals surface area (Å²) in [7, 11) is 0. The fourth-order valence-corrected chi connectivity index (χ4v) is 1.56. The summed E-state index contributed by atoms with van der Waals surface area (Å²) in [4.78, 5) is 10.7. The Kier molecular flexibility index (Phi) is 5.84. The molecule has 3 heteroatoms. The van der Waals surface area contributed by atoms with Crippen molar-refractivity contribution in [3.05, 3.63) is 35.4 Å². The molecule has 0 fully saturated rings. The van der Waals surface area contributed by atoms with E-state index in [0.29, 0.717) is 6.54 Å². The van der Waals surface area contributed by atoms with E-state index in [0.717, 1.165) is 24.1 Å². The highest BCUT2D eigenvalue weighted by Gasteiger charge is 2.05. The van der Waals surface area contributed by atoms with Crippen LogP contribution in [0.25, 0.3) is 0 Å². The molecule has 1 rings (SSSR count). The van der Waals surface area contributed by atoms with Crippen molar-refractivity contribution in [2.75, 3.05) is 6.54 Å². The van der Waals surface area contributed by atoms with E-state index in [-0.39, 0.29) is 6.42 Å². The zero-order valence-electron chi connectivity index (χ0n) is 9.99. The van der Waals surface area contributed by atoms with Crippen LogP contribution in [-0.2, 0) is 17.8 Å². The van der Waals surface area contributed by atoms with E-state index < -0.39 is 5.97 Å². The Balaban J connectivity index is 2.50. The summed E-state index contributed by atoms with van der Waals surface area (Å²) in [6, 6.07) is 7.60. The second kappa shape index (κ2) is 7.48. The molecule has 1 aromatic carbocycles. The minimum Gasteiger partial charge on any atom is -0.481 e. The van der Waals surface area contributed by atoms with Crippen molar-refractivity contribution in [1.82, 2.24) is 5.32 Å². The highest BCUT2D eigenvalue weighted by atomic mass is 16.4. The van der Waals surface area contributed by atoms with Gasteiger partial charge in [-0.15, -0.1) is 11.8 Å². The molecule has 2 N–H and O–H groups in total. The van der Waals surface area contributed by atoms with E-state index in [1.807, 2.05) is 31.2 Å². The standard InChI is InChI=1S/C14H17NO2/c1-2-3-6-9-15-11-13-8-5-4-7-12(13)10-14(16)17/h4-5,7-8,15H,6,9-11H2,1H3,(H,16,17). The van der Waals surface area contributed by atoms with E-state index in [4.69, 9.17) is 5.11 Å². The van der Waals surface area contributed by atoms with Crippen LogP contribution < -0.4 is 5.32 Å². The van der Waals surface area contributed by atoms with Gasteiger partial charge in [0.15, 0.2) is 0 Å². The van der Waals surface area contributed by atoms with Crippen LogP contribution in [-0.4, -0.2) is 17.6 Å². The molecule has 0 amide bonds. The number of rotatable bonds is 6. The van der Waals surface area contributed by atoms with Crippen molar-refractivity contribution in [3.63, 3.8) is 0 Å². The average molecular weight is 231 g/mol. The summed E-state index contributed by atoms with van der Waals surface area (Å²) >= 11 is 0. The van der Waals surface area contributed by atoms with Gasteiger partial charge < -0.3 is 10.4 Å². The maximum atomic E-state index is 10.7. The second-order valence-electron chi connectivity index (χ2n) is 3.69. The molecule has 0 bridgehead atoms. The molecule has 0 aliphatic rings. The Morgan fingerprint density at radius 3 is 2.71 bits per heavy atom. The molecule has 0 atom stereocenters. The van der Waals surface area contributed by atoms with Crippen LogP contribution in [0.15, 0.2) is 24.3 Å². The Morgan fingerprint density at radius 1 is 1.35 bits per heavy atom. The minimum atomic E-state index is -0.797. The molecular formula is C14H17NO2. The molecule has 0 saturated heterocycles. The van der Waals surface area contributed by atoms with Gasteiger partial charge in [-0.3, -0.25) is 4.79 Å². The number of hydrogen-bond acceptors (Lipinski definition) is 2. The minimum absolute atomic E-state index is 0.0760. The van der Waals surface area contributed by atoms with Gasteiger partial charge in [0.1, 0.15) is 0 Å². The zero-order valence-corrected chi connectivity index (χ0v) is 9.99. The molecule has 0 aliphatic heterocycles. The molecule has 0 unspecified atom stereocenters. The van der Waals surface area contributed by atoms with E-state index in [1.165, 1.54) is 0 Å². The first-order valence-electron chi connectivity index (χ1n) is 5.63. The Morgan fingerprint density at radius 2 is 2.06 bits per heavy atom. The van der Waals surface area contributed by atoms with Gasteiger partial charge in [-0.25, -0.2) is 0 Å². The van der Waals surface area contributed by atoms with Crippen molar-refractivity contribution >= 4 is 5.97 Å². The molecule has 0 saturated carbocycles. The first kappa shape index (κ1) is 13.3. The first-order valence-corrected chi connectivity index (χ1v) is 5.63. The lowest BCUT2D eigenvalue weighted by Crippen LogP contribution is -2.16. The van der Waals surface area contributed by atoms with Crippen LogP contribution in [0, 0.1) is 11.8 Å². The van der Waals surface area contributed by atoms with Crippen LogP contribution in [0.3, 0.4) is 0 Å². The number of aliphatic carboxylic acids is 1. The van der Waals surface area contributed by atoms with Gasteiger partial charge in [-0.1, -0.05) is 24.3 Å². The molecule has 0 radical (unpaired) electrons. The highest BCUT2D eigenvalue weighted by molar-refractivity contribution is 5.70. The fraction of sp³-hybridized carbons (Fsp3) is 0.357. The summed E-state index contributed by atoms with van der Waals surface area (Å²) in [6.07, 6.45) is 0.893. The van der Waals surface area contributed by atoms with Crippen molar-refractivity contribution in [3.8, 4) is 11.8 Å². The fourth-order valence-electron chi connectivity index (χ4n) is 1.56. The molecule has 0 spiro atoms. The molecule has 0 heterocycles. The lowest BCUT2D eigenvalue weighted by Gasteiger charge is -2.08. The van der Waals surface area contributed by atoms with Gasteiger partial charge in [0.05, 0.1) is 6.42 Å². The van der Waals surface area contributed by atoms with E-state index in [9.17, 15) is 4.79 Å². The predicted octanol–water partition coefficient (Wildman–Crippen LogP) is 1.82. The average Bonchev–Trinajstić information content (AvgIpc) is 2.30. The molecule has 0 aromatic heterocycles. The van der Waals surface area contributed by atoms with E-state index in [1.54, 1.807) is 0 Å². The Labute approximate surface area is 102 Å². The topological polar surface area (TPSA) is 49.3 Å². The molecule has 1 aromatic rings. The molecular weight excluding hydrogens is 214 g/mol. The van der Waals surface area contributed by atoms with Gasteiger partial charge in [0, 0.05) is 19.5 Å². The molecule has 90 valence electrons. The van der Waals surface area contributed by atoms with Crippen molar-refractivity contribution in [2.45, 2.75) is 26.3 Å². The highest BCUT2D eigenvalue weighted by Crippen LogP contribution is 2.09. The maximum Gasteiger partial charge on any atom is 0.307 e. The van der Waals surface area contributed by atoms with Crippen molar-refractivity contribution in [2.24, 2.45) is 0 Å². The number of carboxylic acid groups (broad SMARTS) is 1. The molecule has 3 nitrogen and oxygen atoms in total. The van der Waals surface area contributed by atoms with E-state index >= 15 is 0 Å². The van der Waals surface area contributed by atoms with Gasteiger partial charge in [-0.2, -0.15) is 0 Å². The van der Waals surface area contributed by atoms with Gasteiger partial charge in [-0.05, 0) is 18.1 Å². The number of benzene rings is 1. The van der Waals surface area contributed by atoms with Crippen LogP contribution in [0.1, 0.15) is 24.5 Å². The summed E-state index contributed by atoms with van der Waals surface area (Å²) in [5.74, 6) is 5.01. The van der Waals surface area contributed by atoms with E-state index in [2.05, 4.69) is 17.2 Å². The maximum absolute atomic E-state index is 10.7. The Hall–Kier alpha value is -1.79. The smallest absolute Gasteiger partial charge is 0.307 e. The number of carbonyl (C=O) groups is 1.